The molecule has 0 aliphatic heterocycles. The highest BCUT2D eigenvalue weighted by Crippen LogP contribution is 2.46. The Morgan fingerprint density at radius 3 is 1.80 bits per heavy atom. The van der Waals surface area contributed by atoms with Crippen LogP contribution in [0.1, 0.15) is 5.56 Å². The van der Waals surface area contributed by atoms with Gasteiger partial charge in [0.1, 0.15) is 0 Å². The Balaban J connectivity index is 1.28. The minimum Gasteiger partial charge on any atom is -0.311 e. The van der Waals surface area contributed by atoms with Crippen LogP contribution < -0.4 is 4.90 Å². The van der Waals surface area contributed by atoms with Crippen LogP contribution in [0, 0.1) is 11.3 Å². The van der Waals surface area contributed by atoms with Crippen LogP contribution in [0.4, 0.5) is 17.1 Å². The van der Waals surface area contributed by atoms with E-state index in [2.05, 4.69) is 163 Å². The van der Waals surface area contributed by atoms with Gasteiger partial charge in [0, 0.05) is 42.6 Å². The van der Waals surface area contributed by atoms with E-state index in [-0.39, 0.29) is 0 Å². The molecule has 0 aliphatic rings. The molecule has 8 aromatic carbocycles. The van der Waals surface area contributed by atoms with Crippen molar-refractivity contribution in [1.29, 1.82) is 5.26 Å². The quantitative estimate of drug-likeness (QED) is 0.187. The van der Waals surface area contributed by atoms with E-state index in [1.807, 2.05) is 17.4 Å². The van der Waals surface area contributed by atoms with Crippen LogP contribution >= 0.6 is 11.3 Å². The van der Waals surface area contributed by atoms with Crippen LogP contribution in [0.3, 0.4) is 0 Å². The van der Waals surface area contributed by atoms with Gasteiger partial charge in [-0.15, -0.1) is 11.3 Å². The SMILES string of the molecule is N#Cc1ccc2cc(-c3ccc(N(c4ccccc4)c4ccccc4)cc3)c3ccc4c5ccc6ccccc6c5sc4c3c2c1. The number of rotatable bonds is 4. The van der Waals surface area contributed by atoms with Gasteiger partial charge in [-0.2, -0.15) is 5.26 Å². The van der Waals surface area contributed by atoms with Crippen molar-refractivity contribution < 1.29 is 0 Å². The maximum atomic E-state index is 9.83. The predicted octanol–water partition coefficient (Wildman–Crippen LogP) is 12.5. The first kappa shape index (κ1) is 26.5. The van der Waals surface area contributed by atoms with Gasteiger partial charge in [0.25, 0.3) is 0 Å². The average Bonchev–Trinajstić information content (AvgIpc) is 3.52. The zero-order valence-corrected chi connectivity index (χ0v) is 25.6. The Hall–Kier alpha value is -5.95. The van der Waals surface area contributed by atoms with Gasteiger partial charge < -0.3 is 4.90 Å². The number of hydrogen-bond donors (Lipinski definition) is 0. The van der Waals surface area contributed by atoms with E-state index >= 15 is 0 Å². The fraction of sp³-hybridized carbons (Fsp3) is 0. The van der Waals surface area contributed by atoms with Crippen LogP contribution in [-0.4, -0.2) is 0 Å². The molecule has 0 N–H and O–H groups in total. The number of anilines is 3. The van der Waals surface area contributed by atoms with Crippen LogP contribution in [-0.2, 0) is 0 Å². The van der Waals surface area contributed by atoms with E-state index in [9.17, 15) is 5.26 Å². The molecule has 1 heterocycles. The van der Waals surface area contributed by atoms with Gasteiger partial charge in [-0.3, -0.25) is 0 Å². The van der Waals surface area contributed by atoms with Crippen molar-refractivity contribution >= 4 is 80.9 Å². The first-order valence-corrected chi connectivity index (χ1v) is 16.2. The molecule has 2 nitrogen and oxygen atoms in total. The molecule has 0 unspecified atom stereocenters. The second kappa shape index (κ2) is 10.6. The molecule has 0 saturated heterocycles. The summed E-state index contributed by atoms with van der Waals surface area (Å²) in [7, 11) is 0. The highest BCUT2D eigenvalue weighted by atomic mass is 32.1. The Kier molecular flexibility index (Phi) is 6.09. The highest BCUT2D eigenvalue weighted by molar-refractivity contribution is 7.27. The first-order chi connectivity index (χ1) is 22.8. The van der Waals surface area contributed by atoms with Crippen molar-refractivity contribution in [3.05, 3.63) is 163 Å². The molecule has 1 aromatic heterocycles. The average molecular weight is 603 g/mol. The molecule has 0 amide bonds. The number of nitriles is 1. The summed E-state index contributed by atoms with van der Waals surface area (Å²) in [5.41, 5.74) is 6.36. The second-order valence-corrected chi connectivity index (χ2v) is 12.7. The molecule has 0 bridgehead atoms. The van der Waals surface area contributed by atoms with Gasteiger partial charge in [-0.05, 0) is 92.7 Å². The fourth-order valence-electron chi connectivity index (χ4n) is 6.89. The van der Waals surface area contributed by atoms with Gasteiger partial charge in [-0.25, -0.2) is 0 Å². The molecule has 0 fully saturated rings. The molecule has 0 atom stereocenters. The molecule has 0 aliphatic carbocycles. The molecular formula is C43H26N2S. The predicted molar refractivity (Wildman–Crippen MR) is 197 cm³/mol. The first-order valence-electron chi connectivity index (χ1n) is 15.4. The number of thiophene rings is 1. The third kappa shape index (κ3) is 4.16. The van der Waals surface area contributed by atoms with E-state index in [0.29, 0.717) is 5.56 Å². The molecule has 3 heteroatoms. The van der Waals surface area contributed by atoms with Gasteiger partial charge in [0.15, 0.2) is 0 Å². The van der Waals surface area contributed by atoms with Gasteiger partial charge >= 0.3 is 0 Å². The Morgan fingerprint density at radius 1 is 0.457 bits per heavy atom. The van der Waals surface area contributed by atoms with E-state index in [1.165, 1.54) is 47.3 Å². The molecule has 0 saturated carbocycles. The lowest BCUT2D eigenvalue weighted by Crippen LogP contribution is -2.09. The van der Waals surface area contributed by atoms with Crippen molar-refractivity contribution in [3.8, 4) is 17.2 Å². The molecule has 0 radical (unpaired) electrons. The maximum absolute atomic E-state index is 9.83. The number of fused-ring (bicyclic) bond motifs is 9. The summed E-state index contributed by atoms with van der Waals surface area (Å²) in [5.74, 6) is 0. The minimum atomic E-state index is 0.677. The Bertz CT molecular complexity index is 2590. The van der Waals surface area contributed by atoms with Crippen molar-refractivity contribution in [2.24, 2.45) is 0 Å². The molecule has 0 spiro atoms. The Labute approximate surface area is 270 Å². The van der Waals surface area contributed by atoms with E-state index in [4.69, 9.17) is 0 Å². The molecular weight excluding hydrogens is 577 g/mol. The summed E-state index contributed by atoms with van der Waals surface area (Å²) in [6, 6.07) is 58.3. The zero-order chi connectivity index (χ0) is 30.6. The summed E-state index contributed by atoms with van der Waals surface area (Å²) < 4.78 is 2.57. The standard InChI is InChI=1S/C43H26N2S/c44-27-28-15-16-31-26-39(30-17-20-34(21-18-30)45(32-10-3-1-4-11-32)33-12-5-2-6-13-33)36-23-24-38-37-22-19-29-9-7-8-14-35(29)42(37)46-43(38)41(36)40(31)25-28/h1-26H. The van der Waals surface area contributed by atoms with Crippen LogP contribution in [0.15, 0.2) is 158 Å². The van der Waals surface area contributed by atoms with Crippen molar-refractivity contribution in [1.82, 2.24) is 0 Å². The van der Waals surface area contributed by atoms with Crippen LogP contribution in [0.5, 0.6) is 0 Å². The second-order valence-electron chi connectivity index (χ2n) is 11.7. The summed E-state index contributed by atoms with van der Waals surface area (Å²) in [5, 5.41) is 19.6. The summed E-state index contributed by atoms with van der Waals surface area (Å²) in [6.07, 6.45) is 0. The van der Waals surface area contributed by atoms with Crippen molar-refractivity contribution in [2.45, 2.75) is 0 Å². The lowest BCUT2D eigenvalue weighted by Gasteiger charge is -2.25. The number of nitrogens with zero attached hydrogens (tertiary/aromatic N) is 2. The van der Waals surface area contributed by atoms with E-state index in [1.54, 1.807) is 0 Å². The monoisotopic (exact) mass is 602 g/mol. The van der Waals surface area contributed by atoms with Crippen molar-refractivity contribution in [2.75, 3.05) is 4.90 Å². The lowest BCUT2D eigenvalue weighted by atomic mass is 9.91. The molecule has 9 aromatic rings. The smallest absolute Gasteiger partial charge is 0.0991 e. The normalized spacial score (nSPS) is 11.5. The zero-order valence-electron chi connectivity index (χ0n) is 24.8. The molecule has 9 rings (SSSR count). The van der Waals surface area contributed by atoms with Crippen LogP contribution in [0.25, 0.3) is 63.6 Å². The number of hydrogen-bond acceptors (Lipinski definition) is 3. The fourth-order valence-corrected chi connectivity index (χ4v) is 8.29. The minimum absolute atomic E-state index is 0.677. The molecule has 214 valence electrons. The topological polar surface area (TPSA) is 27.0 Å². The summed E-state index contributed by atoms with van der Waals surface area (Å²) in [6.45, 7) is 0. The molecule has 46 heavy (non-hydrogen) atoms. The lowest BCUT2D eigenvalue weighted by molar-refractivity contribution is 1.28. The number of benzene rings is 8. The van der Waals surface area contributed by atoms with Crippen LogP contribution in [0.2, 0.25) is 0 Å². The highest BCUT2D eigenvalue weighted by Gasteiger charge is 2.18. The van der Waals surface area contributed by atoms with E-state index in [0.717, 1.165) is 33.4 Å². The largest absolute Gasteiger partial charge is 0.311 e. The third-order valence-electron chi connectivity index (χ3n) is 9.04. The van der Waals surface area contributed by atoms with Gasteiger partial charge in [0.05, 0.1) is 11.6 Å². The van der Waals surface area contributed by atoms with Gasteiger partial charge in [0.2, 0.25) is 0 Å². The summed E-state index contributed by atoms with van der Waals surface area (Å²) >= 11 is 1.86. The number of para-hydroxylation sites is 2. The Morgan fingerprint density at radius 2 is 1.07 bits per heavy atom. The van der Waals surface area contributed by atoms with E-state index < -0.39 is 0 Å². The van der Waals surface area contributed by atoms with Crippen molar-refractivity contribution in [3.63, 3.8) is 0 Å². The summed E-state index contributed by atoms with van der Waals surface area (Å²) in [4.78, 5) is 2.29. The third-order valence-corrected chi connectivity index (χ3v) is 10.3. The maximum Gasteiger partial charge on any atom is 0.0991 e. The van der Waals surface area contributed by atoms with Gasteiger partial charge in [-0.1, -0.05) is 103 Å².